The number of hydrogen-bond acceptors (Lipinski definition) is 2. The summed E-state index contributed by atoms with van der Waals surface area (Å²) >= 11 is 0. The highest BCUT2D eigenvalue weighted by Gasteiger charge is 2.13. The third-order valence-electron chi connectivity index (χ3n) is 2.64. The van der Waals surface area contributed by atoms with Gasteiger partial charge in [0.15, 0.2) is 0 Å². The summed E-state index contributed by atoms with van der Waals surface area (Å²) in [7, 11) is 0. The summed E-state index contributed by atoms with van der Waals surface area (Å²) in [5.74, 6) is -0.208. The van der Waals surface area contributed by atoms with Crippen LogP contribution in [0.3, 0.4) is 0 Å². The van der Waals surface area contributed by atoms with Gasteiger partial charge in [0.2, 0.25) is 0 Å². The van der Waals surface area contributed by atoms with E-state index in [0.29, 0.717) is 5.56 Å². The Morgan fingerprint density at radius 1 is 1.12 bits per heavy atom. The second-order valence-corrected chi connectivity index (χ2v) is 4.22. The van der Waals surface area contributed by atoms with Gasteiger partial charge in [-0.2, -0.15) is 0 Å². The van der Waals surface area contributed by atoms with E-state index in [9.17, 15) is 4.79 Å². The quantitative estimate of drug-likeness (QED) is 0.724. The molecule has 0 amide bonds. The van der Waals surface area contributed by atoms with E-state index in [1.165, 1.54) is 0 Å². The number of aryl methyl sites for hydroxylation is 2. The van der Waals surface area contributed by atoms with Gasteiger partial charge in [0.05, 0.1) is 5.56 Å². The van der Waals surface area contributed by atoms with Crippen LogP contribution in [0.4, 0.5) is 0 Å². The first-order valence-electron chi connectivity index (χ1n) is 5.86. The molecule has 88 valence electrons. The third-order valence-corrected chi connectivity index (χ3v) is 2.64. The van der Waals surface area contributed by atoms with Gasteiger partial charge in [0.25, 0.3) is 0 Å². The van der Waals surface area contributed by atoms with Crippen LogP contribution >= 0.6 is 0 Å². The molecule has 0 saturated carbocycles. The summed E-state index contributed by atoms with van der Waals surface area (Å²) in [5, 5.41) is 0. The van der Waals surface area contributed by atoms with Crippen molar-refractivity contribution in [1.29, 1.82) is 0 Å². The van der Waals surface area contributed by atoms with Gasteiger partial charge in [-0.05, 0) is 38.8 Å². The first-order valence-corrected chi connectivity index (χ1v) is 5.86. The highest BCUT2D eigenvalue weighted by atomic mass is 16.5. The van der Waals surface area contributed by atoms with E-state index >= 15 is 0 Å². The molecule has 0 aliphatic carbocycles. The van der Waals surface area contributed by atoms with Gasteiger partial charge in [-0.1, -0.05) is 31.0 Å². The fraction of sp³-hybridized carbons (Fsp3) is 0.500. The van der Waals surface area contributed by atoms with Crippen molar-refractivity contribution in [2.75, 3.05) is 0 Å². The van der Waals surface area contributed by atoms with Gasteiger partial charge in [-0.15, -0.1) is 0 Å². The monoisotopic (exact) mass is 220 g/mol. The van der Waals surface area contributed by atoms with E-state index < -0.39 is 0 Å². The normalized spacial score (nSPS) is 10.6. The first kappa shape index (κ1) is 12.8. The molecule has 2 nitrogen and oxygen atoms in total. The van der Waals surface area contributed by atoms with Gasteiger partial charge in [-0.25, -0.2) is 4.79 Å². The van der Waals surface area contributed by atoms with E-state index in [4.69, 9.17) is 4.74 Å². The van der Waals surface area contributed by atoms with Gasteiger partial charge in [0, 0.05) is 0 Å². The summed E-state index contributed by atoms with van der Waals surface area (Å²) in [4.78, 5) is 11.9. The van der Waals surface area contributed by atoms with E-state index in [1.807, 2.05) is 45.9 Å². The third kappa shape index (κ3) is 3.37. The molecule has 0 aliphatic rings. The molecule has 1 aromatic rings. The lowest BCUT2D eigenvalue weighted by Crippen LogP contribution is -2.16. The van der Waals surface area contributed by atoms with Crippen molar-refractivity contribution in [3.8, 4) is 0 Å². The van der Waals surface area contributed by atoms with Crippen molar-refractivity contribution >= 4 is 5.97 Å². The zero-order valence-corrected chi connectivity index (χ0v) is 10.5. The summed E-state index contributed by atoms with van der Waals surface area (Å²) in [6, 6.07) is 5.79. The number of esters is 1. The molecule has 2 heteroatoms. The molecule has 0 aromatic heterocycles. The summed E-state index contributed by atoms with van der Waals surface area (Å²) in [6.07, 6.45) is 1.77. The minimum Gasteiger partial charge on any atom is -0.459 e. The molecule has 0 fully saturated rings. The van der Waals surface area contributed by atoms with Crippen molar-refractivity contribution in [2.45, 2.75) is 46.6 Å². The van der Waals surface area contributed by atoms with E-state index in [2.05, 4.69) is 0 Å². The Morgan fingerprint density at radius 3 is 2.06 bits per heavy atom. The Kier molecular flexibility index (Phi) is 4.53. The topological polar surface area (TPSA) is 26.3 Å². The van der Waals surface area contributed by atoms with Crippen LogP contribution in [0.1, 0.15) is 48.2 Å². The van der Waals surface area contributed by atoms with Gasteiger partial charge < -0.3 is 4.74 Å². The molecule has 0 radical (unpaired) electrons. The van der Waals surface area contributed by atoms with Crippen molar-refractivity contribution < 1.29 is 9.53 Å². The lowest BCUT2D eigenvalue weighted by atomic mass is 10.1. The van der Waals surface area contributed by atoms with Crippen LogP contribution in [0.2, 0.25) is 0 Å². The Hall–Kier alpha value is -1.31. The molecular formula is C14H20O2. The molecule has 0 N–H and O–H groups in total. The average Bonchev–Trinajstić information content (AvgIpc) is 2.24. The van der Waals surface area contributed by atoms with Crippen LogP contribution in [-0.2, 0) is 4.74 Å². The first-order chi connectivity index (χ1) is 7.56. The number of hydrogen-bond donors (Lipinski definition) is 0. The van der Waals surface area contributed by atoms with Crippen molar-refractivity contribution in [1.82, 2.24) is 0 Å². The minimum atomic E-state index is -0.208. The molecule has 1 rings (SSSR count). The van der Waals surface area contributed by atoms with Crippen molar-refractivity contribution in [3.05, 3.63) is 34.9 Å². The molecule has 0 bridgehead atoms. The zero-order valence-electron chi connectivity index (χ0n) is 10.5. The van der Waals surface area contributed by atoms with E-state index in [0.717, 1.165) is 24.0 Å². The van der Waals surface area contributed by atoms with E-state index in [1.54, 1.807) is 0 Å². The number of ether oxygens (including phenoxy) is 1. The molecule has 0 aliphatic heterocycles. The Balaban J connectivity index is 2.80. The second kappa shape index (κ2) is 5.69. The van der Waals surface area contributed by atoms with Crippen LogP contribution in [-0.4, -0.2) is 12.1 Å². The molecule has 0 unspecified atom stereocenters. The molecule has 0 atom stereocenters. The van der Waals surface area contributed by atoms with Crippen LogP contribution in [0.5, 0.6) is 0 Å². The SMILES string of the molecule is CCC(CC)OC(=O)c1cc(C)cc(C)c1. The van der Waals surface area contributed by atoms with Gasteiger partial charge >= 0.3 is 5.97 Å². The average molecular weight is 220 g/mol. The molecular weight excluding hydrogens is 200 g/mol. The maximum absolute atomic E-state index is 11.9. The summed E-state index contributed by atoms with van der Waals surface area (Å²) in [6.45, 7) is 8.04. The Morgan fingerprint density at radius 2 is 1.62 bits per heavy atom. The molecule has 0 saturated heterocycles. The fourth-order valence-electron chi connectivity index (χ4n) is 1.77. The van der Waals surface area contributed by atoms with Crippen LogP contribution in [0.25, 0.3) is 0 Å². The summed E-state index contributed by atoms with van der Waals surface area (Å²) < 4.78 is 5.41. The number of carbonyl (C=O) groups excluding carboxylic acids is 1. The van der Waals surface area contributed by atoms with Crippen molar-refractivity contribution in [3.63, 3.8) is 0 Å². The van der Waals surface area contributed by atoms with Crippen LogP contribution in [0.15, 0.2) is 18.2 Å². The number of benzene rings is 1. The van der Waals surface area contributed by atoms with Crippen LogP contribution < -0.4 is 0 Å². The lowest BCUT2D eigenvalue weighted by molar-refractivity contribution is 0.0284. The Labute approximate surface area is 97.6 Å². The molecule has 0 heterocycles. The number of carbonyl (C=O) groups is 1. The predicted molar refractivity (Wildman–Crippen MR) is 65.7 cm³/mol. The van der Waals surface area contributed by atoms with Gasteiger partial charge in [-0.3, -0.25) is 0 Å². The molecule has 1 aromatic carbocycles. The minimum absolute atomic E-state index is 0.0355. The van der Waals surface area contributed by atoms with Gasteiger partial charge in [0.1, 0.15) is 6.10 Å². The predicted octanol–water partition coefficient (Wildman–Crippen LogP) is 3.65. The smallest absolute Gasteiger partial charge is 0.338 e. The maximum Gasteiger partial charge on any atom is 0.338 e. The Bertz CT molecular complexity index is 345. The van der Waals surface area contributed by atoms with E-state index in [-0.39, 0.29) is 12.1 Å². The summed E-state index contributed by atoms with van der Waals surface area (Å²) in [5.41, 5.74) is 2.84. The second-order valence-electron chi connectivity index (χ2n) is 4.22. The van der Waals surface area contributed by atoms with Crippen LogP contribution in [0, 0.1) is 13.8 Å². The fourth-order valence-corrected chi connectivity index (χ4v) is 1.77. The highest BCUT2D eigenvalue weighted by molar-refractivity contribution is 5.90. The lowest BCUT2D eigenvalue weighted by Gasteiger charge is -2.14. The largest absolute Gasteiger partial charge is 0.459 e. The molecule has 16 heavy (non-hydrogen) atoms. The van der Waals surface area contributed by atoms with Crippen molar-refractivity contribution in [2.24, 2.45) is 0 Å². The highest BCUT2D eigenvalue weighted by Crippen LogP contribution is 2.12. The number of rotatable bonds is 4. The standard InChI is InChI=1S/C14H20O2/c1-5-13(6-2)16-14(15)12-8-10(3)7-11(4)9-12/h7-9,13H,5-6H2,1-4H3. The molecule has 0 spiro atoms. The zero-order chi connectivity index (χ0) is 12.1. The maximum atomic E-state index is 11.9.